The van der Waals surface area contributed by atoms with Crippen LogP contribution in [0.3, 0.4) is 0 Å². The summed E-state index contributed by atoms with van der Waals surface area (Å²) in [5, 5.41) is 33.9. The summed E-state index contributed by atoms with van der Waals surface area (Å²) in [6.45, 7) is -0.904. The van der Waals surface area contributed by atoms with Gasteiger partial charge in [-0.3, -0.25) is 19.2 Å². The quantitative estimate of drug-likeness (QED) is 0.143. The van der Waals surface area contributed by atoms with E-state index in [-0.39, 0.29) is 12.2 Å². The average Bonchev–Trinajstić information content (AvgIpc) is 2.75. The maximum atomic E-state index is 12.8. The molecule has 1 rings (SSSR count). The normalized spacial score (nSPS) is 14.3. The summed E-state index contributed by atoms with van der Waals surface area (Å²) < 4.78 is 0. The molecule has 4 unspecified atom stereocenters. The smallest absolute Gasteiger partial charge is 0.326 e. The molecule has 0 radical (unpaired) electrons. The van der Waals surface area contributed by atoms with Crippen molar-refractivity contribution < 1.29 is 39.3 Å². The number of thiol groups is 1. The summed E-state index contributed by atoms with van der Waals surface area (Å²) in [4.78, 5) is 59.2. The first-order valence-electron chi connectivity index (χ1n) is 9.46. The number of amides is 3. The molecule has 0 saturated carbocycles. The van der Waals surface area contributed by atoms with Crippen LogP contribution < -0.4 is 21.7 Å². The Morgan fingerprint density at radius 2 is 1.41 bits per heavy atom. The Kier molecular flexibility index (Phi) is 11.2. The molecule has 12 nitrogen and oxygen atoms in total. The summed E-state index contributed by atoms with van der Waals surface area (Å²) in [5.74, 6) is -5.65. The molecule has 176 valence electrons. The van der Waals surface area contributed by atoms with E-state index in [9.17, 15) is 29.1 Å². The molecule has 0 fully saturated rings. The fourth-order valence-electron chi connectivity index (χ4n) is 2.53. The van der Waals surface area contributed by atoms with E-state index < -0.39 is 66.9 Å². The highest BCUT2D eigenvalue weighted by molar-refractivity contribution is 7.80. The first kappa shape index (κ1) is 26.9. The molecule has 8 N–H and O–H groups in total. The van der Waals surface area contributed by atoms with Crippen molar-refractivity contribution in [3.05, 3.63) is 35.9 Å². The lowest BCUT2D eigenvalue weighted by Crippen LogP contribution is -2.58. The van der Waals surface area contributed by atoms with Gasteiger partial charge in [-0.1, -0.05) is 30.3 Å². The number of hydrogen-bond acceptors (Lipinski definition) is 8. The number of carboxylic acids is 2. The van der Waals surface area contributed by atoms with Crippen molar-refractivity contribution in [2.75, 3.05) is 12.4 Å². The minimum Gasteiger partial charge on any atom is -0.481 e. The number of aliphatic carboxylic acids is 2. The van der Waals surface area contributed by atoms with Gasteiger partial charge in [-0.2, -0.15) is 12.6 Å². The summed E-state index contributed by atoms with van der Waals surface area (Å²) in [6, 6.07) is 3.12. The highest BCUT2D eigenvalue weighted by Gasteiger charge is 2.30. The van der Waals surface area contributed by atoms with E-state index in [2.05, 4.69) is 23.3 Å². The van der Waals surface area contributed by atoms with Crippen LogP contribution in [0.25, 0.3) is 0 Å². The Balaban J connectivity index is 2.96. The topological polar surface area (TPSA) is 208 Å². The molecule has 4 atom stereocenters. The third-order valence-corrected chi connectivity index (χ3v) is 4.65. The molecule has 0 aliphatic rings. The number of aliphatic hydroxyl groups is 1. The van der Waals surface area contributed by atoms with E-state index in [0.29, 0.717) is 5.56 Å². The first-order valence-corrected chi connectivity index (χ1v) is 10.1. The fraction of sp³-hybridized carbons (Fsp3) is 0.421. The van der Waals surface area contributed by atoms with Gasteiger partial charge in [0.05, 0.1) is 19.1 Å². The van der Waals surface area contributed by atoms with Crippen LogP contribution >= 0.6 is 12.6 Å². The van der Waals surface area contributed by atoms with Crippen LogP contribution in [0.2, 0.25) is 0 Å². The molecule has 0 saturated heterocycles. The zero-order chi connectivity index (χ0) is 24.3. The number of nitrogens with one attached hydrogen (secondary N) is 3. The number of aliphatic hydroxyl groups excluding tert-OH is 1. The van der Waals surface area contributed by atoms with Gasteiger partial charge in [-0.15, -0.1) is 0 Å². The monoisotopic (exact) mass is 470 g/mol. The van der Waals surface area contributed by atoms with Crippen molar-refractivity contribution >= 4 is 42.3 Å². The largest absolute Gasteiger partial charge is 0.481 e. The fourth-order valence-corrected chi connectivity index (χ4v) is 2.70. The lowest BCUT2D eigenvalue weighted by molar-refractivity contribution is -0.147. The van der Waals surface area contributed by atoms with Crippen LogP contribution in [0.5, 0.6) is 0 Å². The maximum Gasteiger partial charge on any atom is 0.326 e. The molecule has 0 aromatic heterocycles. The van der Waals surface area contributed by atoms with E-state index >= 15 is 0 Å². The predicted molar refractivity (Wildman–Crippen MR) is 115 cm³/mol. The molecule has 32 heavy (non-hydrogen) atoms. The minimum atomic E-state index is -1.76. The van der Waals surface area contributed by atoms with Gasteiger partial charge in [0, 0.05) is 12.2 Å². The van der Waals surface area contributed by atoms with Crippen molar-refractivity contribution in [1.82, 2.24) is 16.0 Å². The van der Waals surface area contributed by atoms with Crippen molar-refractivity contribution in [3.8, 4) is 0 Å². The zero-order valence-corrected chi connectivity index (χ0v) is 17.8. The predicted octanol–water partition coefficient (Wildman–Crippen LogP) is -2.51. The van der Waals surface area contributed by atoms with Crippen LogP contribution in [-0.4, -0.2) is 81.5 Å². The minimum absolute atomic E-state index is 0.0212. The van der Waals surface area contributed by atoms with Gasteiger partial charge in [0.25, 0.3) is 0 Å². The van der Waals surface area contributed by atoms with Crippen molar-refractivity contribution in [2.45, 2.75) is 37.0 Å². The van der Waals surface area contributed by atoms with Gasteiger partial charge in [0.1, 0.15) is 18.1 Å². The molecule has 3 amide bonds. The third-order valence-electron chi connectivity index (χ3n) is 4.26. The molecule has 0 aliphatic carbocycles. The Bertz CT molecular complexity index is 823. The van der Waals surface area contributed by atoms with Crippen LogP contribution in [0.4, 0.5) is 0 Å². The van der Waals surface area contributed by atoms with Gasteiger partial charge in [-0.05, 0) is 5.56 Å². The van der Waals surface area contributed by atoms with Crippen molar-refractivity contribution in [3.63, 3.8) is 0 Å². The van der Waals surface area contributed by atoms with E-state index in [1.165, 1.54) is 0 Å². The Hall–Kier alpha value is -3.16. The van der Waals surface area contributed by atoms with E-state index in [1.807, 2.05) is 5.32 Å². The summed E-state index contributed by atoms with van der Waals surface area (Å²) in [5.41, 5.74) is 6.31. The average molecular weight is 471 g/mol. The van der Waals surface area contributed by atoms with Crippen molar-refractivity contribution in [1.29, 1.82) is 0 Å². The van der Waals surface area contributed by atoms with Crippen LogP contribution in [-0.2, 0) is 30.4 Å². The summed E-state index contributed by atoms with van der Waals surface area (Å²) >= 11 is 3.94. The van der Waals surface area contributed by atoms with Gasteiger partial charge < -0.3 is 37.0 Å². The Morgan fingerprint density at radius 3 is 1.91 bits per heavy atom. The van der Waals surface area contributed by atoms with E-state index in [4.69, 9.17) is 15.9 Å². The van der Waals surface area contributed by atoms with Crippen LogP contribution in [0, 0.1) is 0 Å². The van der Waals surface area contributed by atoms with Crippen LogP contribution in [0.1, 0.15) is 12.0 Å². The molecular weight excluding hydrogens is 444 g/mol. The second-order valence-corrected chi connectivity index (χ2v) is 7.15. The molecule has 0 heterocycles. The summed E-state index contributed by atoms with van der Waals surface area (Å²) in [7, 11) is 0. The molecule has 1 aromatic rings. The van der Waals surface area contributed by atoms with E-state index in [1.54, 1.807) is 30.3 Å². The number of benzene rings is 1. The molecular formula is C19H26N4O8S. The van der Waals surface area contributed by atoms with Crippen molar-refractivity contribution in [2.24, 2.45) is 5.73 Å². The second kappa shape index (κ2) is 13.3. The number of carbonyl (C=O) groups is 5. The summed E-state index contributed by atoms with van der Waals surface area (Å²) in [6.07, 6.45) is -0.865. The maximum absolute atomic E-state index is 12.8. The lowest BCUT2D eigenvalue weighted by atomic mass is 10.0. The number of rotatable bonds is 13. The number of hydrogen-bond donors (Lipinski definition) is 8. The highest BCUT2D eigenvalue weighted by Crippen LogP contribution is 2.05. The Morgan fingerprint density at radius 1 is 0.875 bits per heavy atom. The Labute approximate surface area is 189 Å². The zero-order valence-electron chi connectivity index (χ0n) is 16.9. The van der Waals surface area contributed by atoms with E-state index in [0.717, 1.165) is 0 Å². The number of carbonyl (C=O) groups excluding carboxylic acids is 3. The number of nitrogens with two attached hydrogens (primary N) is 1. The number of carboxylic acid groups (broad SMARTS) is 2. The van der Waals surface area contributed by atoms with Gasteiger partial charge in [0.2, 0.25) is 17.7 Å². The standard InChI is InChI=1S/C19H26N4O8S/c20-11(9-32)16(27)21-12(6-10-4-2-1-3-5-10)17(28)23-14(8-24)18(29)22-13(19(30)31)7-15(25)26/h1-5,11-14,24,32H,6-9,20H2,(H,21,27)(H,22,29)(H,23,28)(H,25,26)(H,30,31). The van der Waals surface area contributed by atoms with Gasteiger partial charge in [0.15, 0.2) is 0 Å². The molecule has 13 heteroatoms. The highest BCUT2D eigenvalue weighted by atomic mass is 32.1. The first-order chi connectivity index (χ1) is 15.1. The second-order valence-electron chi connectivity index (χ2n) is 6.78. The SMILES string of the molecule is NC(CS)C(=O)NC(Cc1ccccc1)C(=O)NC(CO)C(=O)NC(CC(=O)O)C(=O)O. The van der Waals surface area contributed by atoms with Gasteiger partial charge in [-0.25, -0.2) is 4.79 Å². The molecule has 1 aromatic carbocycles. The van der Waals surface area contributed by atoms with Crippen LogP contribution in [0.15, 0.2) is 30.3 Å². The third kappa shape index (κ3) is 8.91. The molecule has 0 bridgehead atoms. The van der Waals surface area contributed by atoms with Gasteiger partial charge >= 0.3 is 11.9 Å². The molecule has 0 aliphatic heterocycles. The lowest BCUT2D eigenvalue weighted by Gasteiger charge is -2.24. The molecule has 0 spiro atoms.